The van der Waals surface area contributed by atoms with Gasteiger partial charge < -0.3 is 5.11 Å². The van der Waals surface area contributed by atoms with E-state index in [0.29, 0.717) is 6.41 Å². The third-order valence-electron chi connectivity index (χ3n) is 0.196. The van der Waals surface area contributed by atoms with E-state index in [1.165, 1.54) is 0 Å². The first-order valence-corrected chi connectivity index (χ1v) is 1.33. The summed E-state index contributed by atoms with van der Waals surface area (Å²) in [5.74, 6) is 0. The smallest absolute Gasteiger partial charge is 0.230 e. The number of rotatable bonds is 3. The monoisotopic (exact) mass is 91.0 g/mol. The summed E-state index contributed by atoms with van der Waals surface area (Å²) in [4.78, 5) is 13.1. The van der Waals surface area contributed by atoms with Gasteiger partial charge in [0.1, 0.15) is 0 Å². The van der Waals surface area contributed by atoms with E-state index >= 15 is 0 Å². The lowest BCUT2D eigenvalue weighted by molar-refractivity contribution is -0.129. The summed E-state index contributed by atoms with van der Waals surface area (Å²) in [6.07, 6.45) is 0.330. The second-order valence-corrected chi connectivity index (χ2v) is 0.509. The van der Waals surface area contributed by atoms with Crippen molar-refractivity contribution in [1.29, 1.82) is 0 Å². The van der Waals surface area contributed by atoms with Crippen molar-refractivity contribution in [3.8, 4) is 0 Å². The molecule has 1 amide bonds. The Hall–Kier alpha value is -0.610. The van der Waals surface area contributed by atoms with Crippen molar-refractivity contribution in [2.45, 2.75) is 0 Å². The Balaban J connectivity index is 2.49. The number of amides is 1. The Bertz CT molecular complexity index is 37.8. The van der Waals surface area contributed by atoms with E-state index in [2.05, 4.69) is 4.84 Å². The van der Waals surface area contributed by atoms with Gasteiger partial charge in [0.25, 0.3) is 0 Å². The van der Waals surface area contributed by atoms with E-state index in [9.17, 15) is 4.79 Å². The maximum absolute atomic E-state index is 9.22. The van der Waals surface area contributed by atoms with Crippen LogP contribution in [0.2, 0.25) is 0 Å². The van der Waals surface area contributed by atoms with Crippen LogP contribution in [0.15, 0.2) is 0 Å². The predicted molar refractivity (Wildman–Crippen MR) is 17.4 cm³/mol. The van der Waals surface area contributed by atoms with Crippen LogP contribution < -0.4 is 5.48 Å². The van der Waals surface area contributed by atoms with Gasteiger partial charge in [-0.3, -0.25) is 4.79 Å². The molecule has 0 aromatic heterocycles. The minimum atomic E-state index is -0.487. The van der Waals surface area contributed by atoms with Gasteiger partial charge >= 0.3 is 0 Å². The van der Waals surface area contributed by atoms with Gasteiger partial charge in [-0.1, -0.05) is 0 Å². The number of aliphatic hydroxyl groups excluding tert-OH is 1. The predicted octanol–water partition coefficient (Wildman–Crippen LogP) is -1.39. The summed E-state index contributed by atoms with van der Waals surface area (Å²) >= 11 is 0. The van der Waals surface area contributed by atoms with Crippen LogP contribution in [0.25, 0.3) is 0 Å². The summed E-state index contributed by atoms with van der Waals surface area (Å²) in [6, 6.07) is 0. The number of hydroxylamine groups is 1. The number of carbonyl (C=O) groups is 1. The maximum Gasteiger partial charge on any atom is 0.230 e. The molecule has 0 radical (unpaired) electrons. The highest BCUT2D eigenvalue weighted by atomic mass is 16.7. The lowest BCUT2D eigenvalue weighted by Crippen LogP contribution is -2.11. The molecule has 4 heteroatoms. The molecule has 6 heavy (non-hydrogen) atoms. The van der Waals surface area contributed by atoms with Gasteiger partial charge in [0.2, 0.25) is 6.41 Å². The number of nitrogens with one attached hydrogen (secondary N) is 1. The molecule has 0 atom stereocenters. The Kier molecular flexibility index (Phi) is 3.94. The number of hydrogen-bond acceptors (Lipinski definition) is 3. The average molecular weight is 91.1 g/mol. The Morgan fingerprint density at radius 2 is 2.67 bits per heavy atom. The van der Waals surface area contributed by atoms with Gasteiger partial charge in [0.15, 0.2) is 6.79 Å². The minimum absolute atomic E-state index is 0.330. The molecule has 0 aliphatic heterocycles. The molecule has 0 saturated carbocycles. The van der Waals surface area contributed by atoms with Crippen molar-refractivity contribution in [3.63, 3.8) is 0 Å². The zero-order chi connectivity index (χ0) is 4.83. The van der Waals surface area contributed by atoms with Crippen molar-refractivity contribution < 1.29 is 14.7 Å². The summed E-state index contributed by atoms with van der Waals surface area (Å²) in [5.41, 5.74) is 1.77. The van der Waals surface area contributed by atoms with E-state index in [1.54, 1.807) is 5.48 Å². The van der Waals surface area contributed by atoms with Crippen LogP contribution in [0.3, 0.4) is 0 Å². The zero-order valence-electron chi connectivity index (χ0n) is 3.05. The molecule has 36 valence electrons. The zero-order valence-corrected chi connectivity index (χ0v) is 3.05. The molecule has 0 bridgehead atoms. The molecule has 0 rings (SSSR count). The van der Waals surface area contributed by atoms with Crippen LogP contribution in [0.4, 0.5) is 0 Å². The first-order chi connectivity index (χ1) is 2.91. The second-order valence-electron chi connectivity index (χ2n) is 0.509. The van der Waals surface area contributed by atoms with Gasteiger partial charge in [-0.2, -0.15) is 0 Å². The Morgan fingerprint density at radius 3 is 2.83 bits per heavy atom. The van der Waals surface area contributed by atoms with E-state index in [1.807, 2.05) is 0 Å². The lowest BCUT2D eigenvalue weighted by atomic mass is 11.4. The van der Waals surface area contributed by atoms with Crippen LogP contribution in [-0.4, -0.2) is 18.3 Å². The van der Waals surface area contributed by atoms with Crippen molar-refractivity contribution >= 4 is 6.41 Å². The third-order valence-corrected chi connectivity index (χ3v) is 0.196. The van der Waals surface area contributed by atoms with Gasteiger partial charge in [0, 0.05) is 0 Å². The first kappa shape index (κ1) is 5.39. The summed E-state index contributed by atoms with van der Waals surface area (Å²) in [5, 5.41) is 7.75. The summed E-state index contributed by atoms with van der Waals surface area (Å²) < 4.78 is 0. The summed E-state index contributed by atoms with van der Waals surface area (Å²) in [6.45, 7) is -0.487. The molecule has 0 aliphatic carbocycles. The maximum atomic E-state index is 9.22. The quantitative estimate of drug-likeness (QED) is 0.195. The van der Waals surface area contributed by atoms with Crippen LogP contribution in [-0.2, 0) is 9.63 Å². The Morgan fingerprint density at radius 1 is 2.00 bits per heavy atom. The van der Waals surface area contributed by atoms with Gasteiger partial charge in [0.05, 0.1) is 0 Å². The minimum Gasteiger partial charge on any atom is -0.368 e. The molecule has 0 heterocycles. The molecule has 0 aromatic carbocycles. The van der Waals surface area contributed by atoms with Crippen LogP contribution in [0.5, 0.6) is 0 Å². The standard InChI is InChI=1S/C2H5NO3/c4-1-3-6-2-5/h1,5H,2H2,(H,3,4). The fraction of sp³-hybridized carbons (Fsp3) is 0.500. The van der Waals surface area contributed by atoms with Gasteiger partial charge in [-0.05, 0) is 0 Å². The molecule has 0 unspecified atom stereocenters. The van der Waals surface area contributed by atoms with Crippen molar-refractivity contribution in [3.05, 3.63) is 0 Å². The number of carbonyl (C=O) groups excluding carboxylic acids is 1. The highest BCUT2D eigenvalue weighted by molar-refractivity contribution is 5.43. The summed E-state index contributed by atoms with van der Waals surface area (Å²) in [7, 11) is 0. The van der Waals surface area contributed by atoms with E-state index in [-0.39, 0.29) is 0 Å². The molecule has 0 aliphatic rings. The largest absolute Gasteiger partial charge is 0.368 e. The van der Waals surface area contributed by atoms with Crippen LogP contribution in [0, 0.1) is 0 Å². The highest BCUT2D eigenvalue weighted by Crippen LogP contribution is 1.49. The van der Waals surface area contributed by atoms with Crippen molar-refractivity contribution in [2.24, 2.45) is 0 Å². The molecule has 4 nitrogen and oxygen atoms in total. The SMILES string of the molecule is O=CNOCO. The number of aliphatic hydroxyl groups is 1. The molecule has 0 aromatic rings. The number of hydrogen-bond donors (Lipinski definition) is 2. The first-order valence-electron chi connectivity index (χ1n) is 1.33. The van der Waals surface area contributed by atoms with E-state index < -0.39 is 6.79 Å². The molecular formula is C2H5NO3. The van der Waals surface area contributed by atoms with Crippen molar-refractivity contribution in [2.75, 3.05) is 6.79 Å². The average Bonchev–Trinajstić information content (AvgIpc) is 1.61. The Labute approximate surface area is 34.7 Å². The highest BCUT2D eigenvalue weighted by Gasteiger charge is 1.68. The second kappa shape index (κ2) is 4.39. The molecule has 2 N–H and O–H groups in total. The van der Waals surface area contributed by atoms with Crippen LogP contribution in [0.1, 0.15) is 0 Å². The molecule has 0 fully saturated rings. The van der Waals surface area contributed by atoms with E-state index in [0.717, 1.165) is 0 Å². The molecular weight excluding hydrogens is 86.0 g/mol. The molecule has 0 spiro atoms. The fourth-order valence-corrected chi connectivity index (χ4v) is 0.0713. The van der Waals surface area contributed by atoms with E-state index in [4.69, 9.17) is 5.11 Å². The lowest BCUT2D eigenvalue weighted by Gasteiger charge is -1.88. The van der Waals surface area contributed by atoms with Crippen molar-refractivity contribution in [1.82, 2.24) is 5.48 Å². The normalized spacial score (nSPS) is 7.50. The van der Waals surface area contributed by atoms with Gasteiger partial charge in [-0.15, -0.1) is 0 Å². The topological polar surface area (TPSA) is 58.6 Å². The third kappa shape index (κ3) is 3.39. The van der Waals surface area contributed by atoms with Crippen LogP contribution >= 0.6 is 0 Å². The molecule has 0 saturated heterocycles. The fourth-order valence-electron chi connectivity index (χ4n) is 0.0713. The van der Waals surface area contributed by atoms with Gasteiger partial charge in [-0.25, -0.2) is 10.3 Å².